The molecule has 3 aromatic carbocycles. The quantitative estimate of drug-likeness (QED) is 0.306. The van der Waals surface area contributed by atoms with E-state index in [0.717, 1.165) is 29.2 Å². The number of hydrogen-bond donors (Lipinski definition) is 1. The Labute approximate surface area is 231 Å². The first kappa shape index (κ1) is 28.4. The Hall–Kier alpha value is -3.59. The molecule has 8 nitrogen and oxygen atoms in total. The van der Waals surface area contributed by atoms with Crippen LogP contribution >= 0.6 is 0 Å². The minimum Gasteiger partial charge on any atom is -0.497 e. The molecule has 4 rings (SSSR count). The monoisotopic (exact) mass is 551 g/mol. The second kappa shape index (κ2) is 12.5. The molecular formula is C30H37N3O5S. The molecule has 9 heteroatoms. The second-order valence-electron chi connectivity index (χ2n) is 9.75. The van der Waals surface area contributed by atoms with E-state index in [9.17, 15) is 18.0 Å². The predicted molar refractivity (Wildman–Crippen MR) is 153 cm³/mol. The van der Waals surface area contributed by atoms with Crippen LogP contribution in [0, 0.1) is 0 Å². The number of unbranched alkanes of at least 4 members (excludes halogenated alkanes) is 1. The largest absolute Gasteiger partial charge is 0.497 e. The van der Waals surface area contributed by atoms with Gasteiger partial charge in [0.25, 0.3) is 10.0 Å². The fourth-order valence-electron chi connectivity index (χ4n) is 5.11. The highest BCUT2D eigenvalue weighted by molar-refractivity contribution is 7.93. The second-order valence-corrected chi connectivity index (χ2v) is 11.6. The first-order valence-corrected chi connectivity index (χ1v) is 15.0. The topological polar surface area (TPSA) is 96.0 Å². The number of nitrogens with zero attached hydrogens (tertiary/aromatic N) is 2. The van der Waals surface area contributed by atoms with E-state index < -0.39 is 16.1 Å². The summed E-state index contributed by atoms with van der Waals surface area (Å²) in [6.07, 6.45) is 2.73. The number of sulfonamides is 1. The van der Waals surface area contributed by atoms with Gasteiger partial charge in [-0.25, -0.2) is 8.42 Å². The van der Waals surface area contributed by atoms with E-state index in [0.29, 0.717) is 35.7 Å². The van der Waals surface area contributed by atoms with E-state index in [2.05, 4.69) is 12.2 Å². The lowest BCUT2D eigenvalue weighted by molar-refractivity contribution is -0.141. The summed E-state index contributed by atoms with van der Waals surface area (Å²) in [4.78, 5) is 28.6. The summed E-state index contributed by atoms with van der Waals surface area (Å²) in [6.45, 7) is 4.94. The van der Waals surface area contributed by atoms with Crippen LogP contribution in [0.5, 0.6) is 5.75 Å². The van der Waals surface area contributed by atoms with Gasteiger partial charge in [-0.2, -0.15) is 0 Å². The van der Waals surface area contributed by atoms with Gasteiger partial charge in [0.05, 0.1) is 17.7 Å². The van der Waals surface area contributed by atoms with Crippen LogP contribution in [0.25, 0.3) is 10.8 Å². The maximum Gasteiger partial charge on any atom is 0.265 e. The van der Waals surface area contributed by atoms with Gasteiger partial charge in [0, 0.05) is 31.4 Å². The fraction of sp³-hybridized carbons (Fsp3) is 0.400. The molecule has 0 saturated carbocycles. The third-order valence-electron chi connectivity index (χ3n) is 7.14. The molecule has 208 valence electrons. The Balaban J connectivity index is 1.51. The fourth-order valence-corrected chi connectivity index (χ4v) is 6.86. The van der Waals surface area contributed by atoms with Crippen molar-refractivity contribution in [3.63, 3.8) is 0 Å². The van der Waals surface area contributed by atoms with E-state index in [1.54, 1.807) is 30.2 Å². The summed E-state index contributed by atoms with van der Waals surface area (Å²) in [5.74, 6) is 0.308. The molecule has 0 aliphatic carbocycles. The highest BCUT2D eigenvalue weighted by atomic mass is 32.2. The van der Waals surface area contributed by atoms with E-state index in [-0.39, 0.29) is 31.3 Å². The highest BCUT2D eigenvalue weighted by Gasteiger charge is 2.35. The lowest BCUT2D eigenvalue weighted by Gasteiger charge is -2.31. The molecule has 1 N–H and O–H groups in total. The third kappa shape index (κ3) is 6.03. The van der Waals surface area contributed by atoms with E-state index in [1.807, 2.05) is 49.4 Å². The predicted octanol–water partition coefficient (Wildman–Crippen LogP) is 4.86. The number of benzene rings is 3. The molecule has 0 fully saturated rings. The van der Waals surface area contributed by atoms with Crippen molar-refractivity contribution in [3.05, 3.63) is 66.2 Å². The van der Waals surface area contributed by atoms with Gasteiger partial charge in [-0.1, -0.05) is 56.7 Å². The van der Waals surface area contributed by atoms with Crippen molar-refractivity contribution in [1.29, 1.82) is 0 Å². The summed E-state index contributed by atoms with van der Waals surface area (Å²) in [7, 11) is -2.10. The van der Waals surface area contributed by atoms with E-state index >= 15 is 0 Å². The van der Waals surface area contributed by atoms with Crippen LogP contribution in [-0.2, 0) is 26.2 Å². The van der Waals surface area contributed by atoms with Gasteiger partial charge < -0.3 is 15.0 Å². The average molecular weight is 552 g/mol. The Morgan fingerprint density at radius 2 is 1.77 bits per heavy atom. The molecule has 39 heavy (non-hydrogen) atoms. The van der Waals surface area contributed by atoms with Crippen LogP contribution in [0.2, 0.25) is 0 Å². The summed E-state index contributed by atoms with van der Waals surface area (Å²) in [5.41, 5.74) is 1.50. The minimum absolute atomic E-state index is 0.112. The number of methoxy groups -OCH3 is 1. The van der Waals surface area contributed by atoms with Gasteiger partial charge in [-0.05, 0) is 54.5 Å². The van der Waals surface area contributed by atoms with Crippen molar-refractivity contribution < 1.29 is 22.7 Å². The van der Waals surface area contributed by atoms with Gasteiger partial charge in [0.1, 0.15) is 11.8 Å². The summed E-state index contributed by atoms with van der Waals surface area (Å²) in [6, 6.07) is 17.7. The zero-order valence-electron chi connectivity index (χ0n) is 22.9. The van der Waals surface area contributed by atoms with Gasteiger partial charge in [0.2, 0.25) is 11.8 Å². The van der Waals surface area contributed by atoms with Gasteiger partial charge >= 0.3 is 0 Å². The maximum atomic E-state index is 13.6. The SMILES string of the molecule is CCCCNC(=O)C(CC)N(Cc1cccc(OC)c1)C(=O)CCCN1c2cccc3cccc(c23)S1(=O)=O. The number of carbonyl (C=O) groups is 2. The van der Waals surface area contributed by atoms with Gasteiger partial charge in [0.15, 0.2) is 0 Å². The molecule has 0 spiro atoms. The Kier molecular flexibility index (Phi) is 9.12. The number of carbonyl (C=O) groups excluding carboxylic acids is 2. The highest BCUT2D eigenvalue weighted by Crippen LogP contribution is 2.42. The zero-order valence-corrected chi connectivity index (χ0v) is 23.7. The molecule has 1 heterocycles. The van der Waals surface area contributed by atoms with Crippen molar-refractivity contribution in [2.75, 3.05) is 24.5 Å². The Morgan fingerprint density at radius 1 is 1.03 bits per heavy atom. The van der Waals surface area contributed by atoms with Crippen LogP contribution in [0.1, 0.15) is 51.5 Å². The molecule has 0 saturated heterocycles. The lowest BCUT2D eigenvalue weighted by Crippen LogP contribution is -2.49. The maximum absolute atomic E-state index is 13.6. The molecule has 1 unspecified atom stereocenters. The Bertz CT molecular complexity index is 1430. The van der Waals surface area contributed by atoms with Crippen molar-refractivity contribution in [2.45, 2.75) is 63.4 Å². The minimum atomic E-state index is -3.69. The van der Waals surface area contributed by atoms with E-state index in [4.69, 9.17) is 4.74 Å². The summed E-state index contributed by atoms with van der Waals surface area (Å²) in [5, 5.41) is 4.56. The van der Waals surface area contributed by atoms with Crippen molar-refractivity contribution in [1.82, 2.24) is 10.2 Å². The van der Waals surface area contributed by atoms with Crippen molar-refractivity contribution in [3.8, 4) is 5.75 Å². The molecule has 2 amide bonds. The number of rotatable bonds is 13. The summed E-state index contributed by atoms with van der Waals surface area (Å²) >= 11 is 0. The van der Waals surface area contributed by atoms with Crippen molar-refractivity contribution >= 4 is 38.3 Å². The molecular weight excluding hydrogens is 514 g/mol. The van der Waals surface area contributed by atoms with Crippen molar-refractivity contribution in [2.24, 2.45) is 0 Å². The molecule has 1 aliphatic rings. The van der Waals surface area contributed by atoms with Crippen LogP contribution in [0.15, 0.2) is 65.6 Å². The van der Waals surface area contributed by atoms with E-state index in [1.165, 1.54) is 4.31 Å². The van der Waals surface area contributed by atoms with Crippen LogP contribution in [0.4, 0.5) is 5.69 Å². The number of anilines is 1. The standard InChI is InChI=1S/C30H37N3O5S/c1-4-6-18-31-30(35)25(5-2)32(21-22-11-7-14-24(20-22)38-3)28(34)17-10-19-33-26-15-8-12-23-13-9-16-27(29(23)26)39(33,36)37/h7-9,11-16,20,25H,4-6,10,17-19,21H2,1-3H3,(H,31,35). The van der Waals surface area contributed by atoms with Crippen LogP contribution in [-0.4, -0.2) is 51.4 Å². The molecule has 3 aromatic rings. The smallest absolute Gasteiger partial charge is 0.265 e. The molecule has 1 aliphatic heterocycles. The zero-order chi connectivity index (χ0) is 28.0. The number of amides is 2. The van der Waals surface area contributed by atoms with Gasteiger partial charge in [-0.3, -0.25) is 13.9 Å². The first-order valence-electron chi connectivity index (χ1n) is 13.6. The molecule has 1 atom stereocenters. The number of hydrogen-bond acceptors (Lipinski definition) is 5. The average Bonchev–Trinajstić information content (AvgIpc) is 3.16. The third-order valence-corrected chi connectivity index (χ3v) is 8.99. The molecule has 0 radical (unpaired) electrons. The normalized spacial score (nSPS) is 14.3. The molecule has 0 aromatic heterocycles. The Morgan fingerprint density at radius 3 is 2.49 bits per heavy atom. The molecule has 0 bridgehead atoms. The lowest BCUT2D eigenvalue weighted by atomic mass is 10.1. The van der Waals surface area contributed by atoms with Gasteiger partial charge in [-0.15, -0.1) is 0 Å². The summed E-state index contributed by atoms with van der Waals surface area (Å²) < 4.78 is 33.4. The number of nitrogens with one attached hydrogen (secondary N) is 1. The first-order chi connectivity index (χ1) is 18.8. The number of ether oxygens (including phenoxy) is 1. The van der Waals surface area contributed by atoms with Crippen LogP contribution in [0.3, 0.4) is 0 Å². The van der Waals surface area contributed by atoms with Crippen LogP contribution < -0.4 is 14.4 Å².